The number of allylic oxidation sites excluding steroid dienone is 1. The smallest absolute Gasteiger partial charge is 0.145 e. The van der Waals surface area contributed by atoms with Crippen molar-refractivity contribution in [2.75, 3.05) is 0 Å². The highest BCUT2D eigenvalue weighted by molar-refractivity contribution is 6.94. The SMILES string of the molecule is CCCCC/C(C=O)=C/[Si](C)(C)c1ccccc1. The molecule has 0 aliphatic heterocycles. The standard InChI is InChI=1S/C16H24OSi/c1-4-5-7-10-15(13-17)14-18(2,3)16-11-8-6-9-12-16/h6,8-9,11-14H,4-5,7,10H2,1-3H3/b15-14-. The van der Waals surface area contributed by atoms with E-state index in [1.807, 2.05) is 6.07 Å². The maximum atomic E-state index is 11.2. The predicted molar refractivity (Wildman–Crippen MR) is 81.8 cm³/mol. The molecule has 18 heavy (non-hydrogen) atoms. The molecule has 0 heterocycles. The van der Waals surface area contributed by atoms with E-state index >= 15 is 0 Å². The molecule has 0 fully saturated rings. The highest BCUT2D eigenvalue weighted by atomic mass is 28.3. The molecule has 0 aromatic heterocycles. The number of aldehydes is 1. The van der Waals surface area contributed by atoms with Crippen LogP contribution in [0.3, 0.4) is 0 Å². The van der Waals surface area contributed by atoms with Gasteiger partial charge in [-0.25, -0.2) is 0 Å². The quantitative estimate of drug-likeness (QED) is 0.315. The predicted octanol–water partition coefficient (Wildman–Crippen LogP) is 3.85. The average Bonchev–Trinajstić information content (AvgIpc) is 2.38. The maximum Gasteiger partial charge on any atom is 0.145 e. The third kappa shape index (κ3) is 4.61. The second kappa shape index (κ2) is 7.32. The summed E-state index contributed by atoms with van der Waals surface area (Å²) in [5, 5.41) is 1.39. The third-order valence-corrected chi connectivity index (χ3v) is 6.20. The van der Waals surface area contributed by atoms with Gasteiger partial charge < -0.3 is 0 Å². The van der Waals surface area contributed by atoms with Crippen molar-refractivity contribution in [3.63, 3.8) is 0 Å². The fraction of sp³-hybridized carbons (Fsp3) is 0.438. The number of hydrogen-bond acceptors (Lipinski definition) is 1. The van der Waals surface area contributed by atoms with E-state index in [2.05, 4.69) is 50.0 Å². The lowest BCUT2D eigenvalue weighted by atomic mass is 10.1. The van der Waals surface area contributed by atoms with Crippen LogP contribution < -0.4 is 5.19 Å². The molecule has 98 valence electrons. The van der Waals surface area contributed by atoms with Gasteiger partial charge in [0.05, 0.1) is 0 Å². The fourth-order valence-corrected chi connectivity index (χ4v) is 4.52. The zero-order chi connectivity index (χ0) is 13.4. The van der Waals surface area contributed by atoms with Crippen LogP contribution >= 0.6 is 0 Å². The number of rotatable bonds is 7. The Hall–Kier alpha value is -1.15. The number of unbranched alkanes of at least 4 members (excludes halogenated alkanes) is 2. The number of carbonyl (C=O) groups excluding carboxylic acids is 1. The Morgan fingerprint density at radius 1 is 1.17 bits per heavy atom. The van der Waals surface area contributed by atoms with E-state index in [1.54, 1.807) is 0 Å². The van der Waals surface area contributed by atoms with Gasteiger partial charge in [0.25, 0.3) is 0 Å². The first-order valence-corrected chi connectivity index (χ1v) is 9.90. The summed E-state index contributed by atoms with van der Waals surface area (Å²) in [7, 11) is -1.62. The molecule has 0 spiro atoms. The van der Waals surface area contributed by atoms with Gasteiger partial charge in [0.15, 0.2) is 0 Å². The molecule has 0 amide bonds. The summed E-state index contributed by atoms with van der Waals surface area (Å²) < 4.78 is 0. The van der Waals surface area contributed by atoms with Gasteiger partial charge >= 0.3 is 0 Å². The Bertz CT molecular complexity index is 393. The van der Waals surface area contributed by atoms with Crippen molar-refractivity contribution in [2.45, 2.75) is 45.7 Å². The first-order valence-electron chi connectivity index (χ1n) is 6.82. The Labute approximate surface area is 112 Å². The minimum Gasteiger partial charge on any atom is -0.298 e. The maximum absolute atomic E-state index is 11.2. The molecule has 1 aromatic rings. The van der Waals surface area contributed by atoms with E-state index in [0.717, 1.165) is 24.7 Å². The van der Waals surface area contributed by atoms with Crippen molar-refractivity contribution in [3.8, 4) is 0 Å². The largest absolute Gasteiger partial charge is 0.298 e. The molecule has 0 radical (unpaired) electrons. The van der Waals surface area contributed by atoms with Gasteiger partial charge in [0.1, 0.15) is 14.4 Å². The van der Waals surface area contributed by atoms with Crippen molar-refractivity contribution >= 4 is 19.5 Å². The second-order valence-corrected chi connectivity index (χ2v) is 9.69. The Balaban J connectivity index is 2.80. The highest BCUT2D eigenvalue weighted by Crippen LogP contribution is 2.13. The number of carbonyl (C=O) groups is 1. The number of benzene rings is 1. The molecule has 0 saturated heterocycles. The summed E-state index contributed by atoms with van der Waals surface area (Å²) >= 11 is 0. The average molecular weight is 260 g/mol. The Kier molecular flexibility index (Phi) is 6.06. The lowest BCUT2D eigenvalue weighted by Crippen LogP contribution is -2.39. The van der Waals surface area contributed by atoms with Crippen LogP contribution in [-0.2, 0) is 4.79 Å². The molecule has 0 bridgehead atoms. The minimum absolute atomic E-state index is 0.931. The van der Waals surface area contributed by atoms with Crippen molar-refractivity contribution in [2.24, 2.45) is 0 Å². The zero-order valence-corrected chi connectivity index (χ0v) is 12.8. The first-order chi connectivity index (χ1) is 8.60. The molecule has 0 unspecified atom stereocenters. The molecule has 2 heteroatoms. The first kappa shape index (κ1) is 14.9. The summed E-state index contributed by atoms with van der Waals surface area (Å²) in [5.41, 5.74) is 3.24. The van der Waals surface area contributed by atoms with E-state index in [1.165, 1.54) is 18.0 Å². The zero-order valence-electron chi connectivity index (χ0n) is 11.8. The normalized spacial score (nSPS) is 12.5. The summed E-state index contributed by atoms with van der Waals surface area (Å²) in [6.07, 6.45) is 5.51. The molecule has 0 N–H and O–H groups in total. The van der Waals surface area contributed by atoms with Crippen molar-refractivity contribution in [1.82, 2.24) is 0 Å². The Morgan fingerprint density at radius 3 is 2.39 bits per heavy atom. The van der Waals surface area contributed by atoms with E-state index in [-0.39, 0.29) is 0 Å². The van der Waals surface area contributed by atoms with Gasteiger partial charge in [-0.05, 0) is 18.4 Å². The summed E-state index contributed by atoms with van der Waals surface area (Å²) in [5.74, 6) is 0. The second-order valence-electron chi connectivity index (χ2n) is 5.38. The van der Waals surface area contributed by atoms with E-state index in [9.17, 15) is 4.79 Å². The summed E-state index contributed by atoms with van der Waals surface area (Å²) in [6, 6.07) is 10.6. The monoisotopic (exact) mass is 260 g/mol. The van der Waals surface area contributed by atoms with Gasteiger partial charge in [-0.1, -0.05) is 74.1 Å². The molecule has 0 saturated carbocycles. The molecular formula is C16H24OSi. The van der Waals surface area contributed by atoms with Crippen LogP contribution in [0.15, 0.2) is 41.6 Å². The lowest BCUT2D eigenvalue weighted by molar-refractivity contribution is -0.105. The fourth-order valence-electron chi connectivity index (χ4n) is 2.16. The van der Waals surface area contributed by atoms with Crippen LogP contribution in [0.2, 0.25) is 13.1 Å². The number of hydrogen-bond donors (Lipinski definition) is 0. The van der Waals surface area contributed by atoms with Gasteiger partial charge in [0, 0.05) is 0 Å². The lowest BCUT2D eigenvalue weighted by Gasteiger charge is -2.19. The topological polar surface area (TPSA) is 17.1 Å². The van der Waals surface area contributed by atoms with Crippen LogP contribution in [0.1, 0.15) is 32.6 Å². The van der Waals surface area contributed by atoms with Gasteiger partial charge in [0.2, 0.25) is 0 Å². The van der Waals surface area contributed by atoms with Crippen LogP contribution in [-0.4, -0.2) is 14.4 Å². The Morgan fingerprint density at radius 2 is 1.83 bits per heavy atom. The van der Waals surface area contributed by atoms with E-state index in [4.69, 9.17) is 0 Å². The van der Waals surface area contributed by atoms with Crippen molar-refractivity contribution < 1.29 is 4.79 Å². The van der Waals surface area contributed by atoms with Crippen molar-refractivity contribution in [1.29, 1.82) is 0 Å². The van der Waals surface area contributed by atoms with Crippen LogP contribution in [0.25, 0.3) is 0 Å². The summed E-state index contributed by atoms with van der Waals surface area (Å²) in [6.45, 7) is 6.78. The molecule has 1 aromatic carbocycles. The van der Waals surface area contributed by atoms with Crippen LogP contribution in [0, 0.1) is 0 Å². The minimum atomic E-state index is -1.62. The van der Waals surface area contributed by atoms with Gasteiger partial charge in [-0.2, -0.15) is 0 Å². The molecule has 0 aliphatic rings. The van der Waals surface area contributed by atoms with E-state index < -0.39 is 8.07 Å². The third-order valence-electron chi connectivity index (χ3n) is 3.28. The van der Waals surface area contributed by atoms with Crippen LogP contribution in [0.5, 0.6) is 0 Å². The van der Waals surface area contributed by atoms with Crippen molar-refractivity contribution in [3.05, 3.63) is 41.6 Å². The van der Waals surface area contributed by atoms with Gasteiger partial charge in [-0.3, -0.25) is 4.79 Å². The molecule has 0 aliphatic carbocycles. The molecule has 1 nitrogen and oxygen atoms in total. The molecular weight excluding hydrogens is 236 g/mol. The summed E-state index contributed by atoms with van der Waals surface area (Å²) in [4.78, 5) is 11.2. The van der Waals surface area contributed by atoms with E-state index in [0.29, 0.717) is 0 Å². The van der Waals surface area contributed by atoms with Gasteiger partial charge in [-0.15, -0.1) is 0 Å². The molecule has 0 atom stereocenters. The van der Waals surface area contributed by atoms with Crippen LogP contribution in [0.4, 0.5) is 0 Å². The highest BCUT2D eigenvalue weighted by Gasteiger charge is 2.20. The molecule has 1 rings (SSSR count).